The van der Waals surface area contributed by atoms with Gasteiger partial charge in [-0.15, -0.1) is 0 Å². The van der Waals surface area contributed by atoms with Crippen LogP contribution in [0.2, 0.25) is 0 Å². The van der Waals surface area contributed by atoms with Crippen LogP contribution in [0.25, 0.3) is 10.9 Å². The number of benzene rings is 2. The number of ether oxygens (including phenoxy) is 1. The van der Waals surface area contributed by atoms with E-state index in [1.807, 2.05) is 24.2 Å². The van der Waals surface area contributed by atoms with Crippen molar-refractivity contribution in [1.82, 2.24) is 14.8 Å². The predicted molar refractivity (Wildman–Crippen MR) is 140 cm³/mol. The molecule has 0 bridgehead atoms. The zero-order chi connectivity index (χ0) is 25.6. The monoisotopic (exact) mass is 490 g/mol. The molecule has 1 atom stereocenters. The van der Waals surface area contributed by atoms with Crippen LogP contribution in [0.3, 0.4) is 0 Å². The maximum absolute atomic E-state index is 11.9. The molecule has 2 fully saturated rings. The Bertz CT molecular complexity index is 1320. The van der Waals surface area contributed by atoms with E-state index in [0.29, 0.717) is 6.54 Å². The summed E-state index contributed by atoms with van der Waals surface area (Å²) in [4.78, 5) is 31.3. The lowest BCUT2D eigenvalue weighted by Crippen LogP contribution is -2.61. The second-order valence-corrected chi connectivity index (χ2v) is 10.3. The molecule has 2 aliphatic heterocycles. The van der Waals surface area contributed by atoms with Crippen LogP contribution < -0.4 is 10.1 Å². The summed E-state index contributed by atoms with van der Waals surface area (Å²) in [5, 5.41) is 13.9. The van der Waals surface area contributed by atoms with Gasteiger partial charge in [-0.3, -0.25) is 9.69 Å². The maximum atomic E-state index is 11.9. The number of fused-ring (bicyclic) bond motifs is 1. The molecule has 2 aromatic carbocycles. The van der Waals surface area contributed by atoms with E-state index in [1.165, 1.54) is 0 Å². The van der Waals surface area contributed by atoms with Gasteiger partial charge < -0.3 is 25.0 Å². The number of carbonyl (C=O) groups is 2. The molecule has 2 saturated heterocycles. The van der Waals surface area contributed by atoms with Gasteiger partial charge in [0, 0.05) is 73.4 Å². The molecule has 1 spiro atoms. The van der Waals surface area contributed by atoms with Crippen LogP contribution in [-0.4, -0.2) is 65.6 Å². The summed E-state index contributed by atoms with van der Waals surface area (Å²) < 4.78 is 5.82. The molecular weight excluding hydrogens is 456 g/mol. The molecule has 190 valence electrons. The van der Waals surface area contributed by atoms with Crippen LogP contribution in [0, 0.1) is 12.3 Å². The number of aryl methyl sites for hydroxylation is 1. The van der Waals surface area contributed by atoms with Crippen LogP contribution in [0.5, 0.6) is 5.75 Å². The van der Waals surface area contributed by atoms with Crippen LogP contribution in [-0.2, 0) is 11.3 Å². The number of aromatic nitrogens is 1. The molecule has 1 amide bonds. The van der Waals surface area contributed by atoms with Gasteiger partial charge in [0.2, 0.25) is 5.91 Å². The molecule has 0 aliphatic carbocycles. The zero-order valence-electron chi connectivity index (χ0n) is 21.4. The molecule has 5 rings (SSSR count). The molecule has 3 N–H and O–H groups in total. The van der Waals surface area contributed by atoms with Gasteiger partial charge in [-0.05, 0) is 61.7 Å². The third-order valence-electron chi connectivity index (χ3n) is 8.12. The largest absolute Gasteiger partial charge is 0.496 e. The molecule has 0 unspecified atom stereocenters. The highest BCUT2D eigenvalue weighted by molar-refractivity contribution is 5.89. The second-order valence-electron chi connectivity index (χ2n) is 10.3. The van der Waals surface area contributed by atoms with E-state index in [-0.39, 0.29) is 22.9 Å². The van der Waals surface area contributed by atoms with E-state index in [0.717, 1.165) is 71.5 Å². The quantitative estimate of drug-likeness (QED) is 0.474. The normalized spacial score (nSPS) is 19.3. The fourth-order valence-corrected chi connectivity index (χ4v) is 6.13. The third kappa shape index (κ3) is 4.09. The molecule has 2 aliphatic rings. The molecule has 3 aromatic rings. The molecule has 0 saturated carbocycles. The summed E-state index contributed by atoms with van der Waals surface area (Å²) in [5.74, 6) is 0.0611. The lowest BCUT2D eigenvalue weighted by molar-refractivity contribution is -0.146. The number of hydrogen-bond acceptors (Lipinski definition) is 5. The number of H-pyrrole nitrogens is 1. The first-order valence-electron chi connectivity index (χ1n) is 12.4. The Labute approximate surface area is 211 Å². The van der Waals surface area contributed by atoms with Gasteiger partial charge >= 0.3 is 5.97 Å². The predicted octanol–water partition coefficient (Wildman–Crippen LogP) is 4.41. The Morgan fingerprint density at radius 3 is 2.69 bits per heavy atom. The van der Waals surface area contributed by atoms with Gasteiger partial charge in [0.15, 0.2) is 0 Å². The van der Waals surface area contributed by atoms with Crippen molar-refractivity contribution < 1.29 is 19.4 Å². The minimum Gasteiger partial charge on any atom is -0.496 e. The minimum absolute atomic E-state index is 0.0677. The lowest BCUT2D eigenvalue weighted by atomic mass is 9.68. The van der Waals surface area contributed by atoms with Crippen molar-refractivity contribution in [3.8, 4) is 5.75 Å². The topological polar surface area (TPSA) is 97.9 Å². The van der Waals surface area contributed by atoms with E-state index < -0.39 is 5.97 Å². The summed E-state index contributed by atoms with van der Waals surface area (Å²) in [6.45, 7) is 6.87. The number of nitrogens with one attached hydrogen (secondary N) is 2. The van der Waals surface area contributed by atoms with Crippen molar-refractivity contribution >= 4 is 28.5 Å². The number of carboxylic acid groups (broad SMARTS) is 1. The average molecular weight is 491 g/mol. The lowest BCUT2D eigenvalue weighted by Gasteiger charge is -2.56. The Kier molecular flexibility index (Phi) is 6.16. The number of hydrogen-bond donors (Lipinski definition) is 3. The first-order valence-corrected chi connectivity index (χ1v) is 12.4. The number of likely N-dealkylation sites (tertiary alicyclic amines) is 2. The fraction of sp³-hybridized carbons (Fsp3) is 0.429. The van der Waals surface area contributed by atoms with Gasteiger partial charge in [-0.2, -0.15) is 0 Å². The third-order valence-corrected chi connectivity index (χ3v) is 8.12. The Hall–Kier alpha value is -3.52. The van der Waals surface area contributed by atoms with E-state index in [4.69, 9.17) is 4.74 Å². The van der Waals surface area contributed by atoms with Gasteiger partial charge in [-0.25, -0.2) is 4.79 Å². The van der Waals surface area contributed by atoms with E-state index in [9.17, 15) is 14.7 Å². The molecule has 1 aromatic heterocycles. The average Bonchev–Trinajstić information content (AvgIpc) is 3.34. The summed E-state index contributed by atoms with van der Waals surface area (Å²) in [7, 11) is 3.55. The van der Waals surface area contributed by atoms with Crippen molar-refractivity contribution in [2.45, 2.75) is 39.3 Å². The number of amides is 1. The highest BCUT2D eigenvalue weighted by Gasteiger charge is 2.49. The number of aromatic carboxylic acids is 1. The van der Waals surface area contributed by atoms with Crippen molar-refractivity contribution in [3.63, 3.8) is 0 Å². The smallest absolute Gasteiger partial charge is 0.335 e. The summed E-state index contributed by atoms with van der Waals surface area (Å²) in [6.07, 6.45) is 3.89. The summed E-state index contributed by atoms with van der Waals surface area (Å²) in [6, 6.07) is 9.63. The molecule has 0 radical (unpaired) electrons. The molecule has 36 heavy (non-hydrogen) atoms. The zero-order valence-corrected chi connectivity index (χ0v) is 21.4. The van der Waals surface area contributed by atoms with E-state index in [1.54, 1.807) is 26.2 Å². The minimum atomic E-state index is -0.939. The number of nitrogens with zero attached hydrogens (tertiary/aromatic N) is 2. The maximum Gasteiger partial charge on any atom is 0.335 e. The molecule has 3 heterocycles. The number of carbonyl (C=O) groups excluding carboxylic acids is 1. The SMILES string of the molecule is CNc1cc(C(=O)O)ccc1[C@H]1CC2(CCN1Cc1c(OC)cc(C)c3[nH]ccc13)CN(C(C)=O)C2. The second kappa shape index (κ2) is 9.17. The number of rotatable bonds is 6. The van der Waals surface area contributed by atoms with Gasteiger partial charge in [0.1, 0.15) is 5.75 Å². The molecular formula is C28H34N4O4. The number of methoxy groups -OCH3 is 1. The van der Waals surface area contributed by atoms with E-state index in [2.05, 4.69) is 34.3 Å². The Balaban J connectivity index is 1.54. The number of piperidine rings is 1. The number of carboxylic acids is 1. The Morgan fingerprint density at radius 1 is 1.25 bits per heavy atom. The van der Waals surface area contributed by atoms with Crippen molar-refractivity contribution in [2.24, 2.45) is 5.41 Å². The molecule has 8 heteroatoms. The standard InChI is InChI=1S/C28H34N4O4/c1-17-11-25(36-4)22(20-7-9-30-26(17)20)14-31-10-8-28(15-32(16-28)18(2)33)13-24(31)21-6-5-19(27(34)35)12-23(21)29-3/h5-7,9,11-12,24,29-30H,8,10,13-16H2,1-4H3,(H,34,35)/t24-/m1/s1. The van der Waals surface area contributed by atoms with Gasteiger partial charge in [0.05, 0.1) is 12.7 Å². The summed E-state index contributed by atoms with van der Waals surface area (Å²) in [5.41, 5.74) is 5.67. The van der Waals surface area contributed by atoms with Crippen molar-refractivity contribution in [3.05, 3.63) is 58.8 Å². The number of aromatic amines is 1. The first-order chi connectivity index (χ1) is 17.2. The van der Waals surface area contributed by atoms with Gasteiger partial charge in [-0.1, -0.05) is 6.07 Å². The highest BCUT2D eigenvalue weighted by atomic mass is 16.5. The number of anilines is 1. The highest BCUT2D eigenvalue weighted by Crippen LogP contribution is 2.49. The van der Waals surface area contributed by atoms with Crippen LogP contribution in [0.15, 0.2) is 36.5 Å². The molecule has 8 nitrogen and oxygen atoms in total. The Morgan fingerprint density at radius 2 is 2.03 bits per heavy atom. The van der Waals surface area contributed by atoms with Crippen LogP contribution in [0.1, 0.15) is 52.9 Å². The van der Waals surface area contributed by atoms with Gasteiger partial charge in [0.25, 0.3) is 0 Å². The first kappa shape index (κ1) is 24.2. The van der Waals surface area contributed by atoms with Crippen LogP contribution in [0.4, 0.5) is 5.69 Å². The fourth-order valence-electron chi connectivity index (χ4n) is 6.13. The van der Waals surface area contributed by atoms with Crippen molar-refractivity contribution in [2.75, 3.05) is 39.1 Å². The van der Waals surface area contributed by atoms with Crippen LogP contribution >= 0.6 is 0 Å². The van der Waals surface area contributed by atoms with E-state index >= 15 is 0 Å². The summed E-state index contributed by atoms with van der Waals surface area (Å²) >= 11 is 0. The van der Waals surface area contributed by atoms with Crippen molar-refractivity contribution in [1.29, 1.82) is 0 Å².